The van der Waals surface area contributed by atoms with E-state index in [0.717, 1.165) is 24.3 Å². The molecule has 1 aliphatic heterocycles. The Bertz CT molecular complexity index is 485. The highest BCUT2D eigenvalue weighted by Crippen LogP contribution is 2.21. The number of hydrogen-bond acceptors (Lipinski definition) is 3. The first kappa shape index (κ1) is 14.9. The summed E-state index contributed by atoms with van der Waals surface area (Å²) in [4.78, 5) is 13.4. The fourth-order valence-corrected chi connectivity index (χ4v) is 2.75. The van der Waals surface area contributed by atoms with Gasteiger partial charge in [-0.3, -0.25) is 0 Å². The molecule has 0 radical (unpaired) electrons. The van der Waals surface area contributed by atoms with Crippen LogP contribution >= 0.6 is 0 Å². The molecule has 20 heavy (non-hydrogen) atoms. The number of hydrogen-bond donors (Lipinski definition) is 2. The molecule has 4 nitrogen and oxygen atoms in total. The molecular weight excluding hydrogens is 252 g/mol. The Hall–Kier alpha value is -1.55. The minimum atomic E-state index is -0.872. The van der Waals surface area contributed by atoms with Crippen molar-refractivity contribution in [3.05, 3.63) is 29.3 Å². The summed E-state index contributed by atoms with van der Waals surface area (Å²) in [7, 11) is 0. The first-order valence-corrected chi connectivity index (χ1v) is 7.29. The Morgan fingerprint density at radius 3 is 2.80 bits per heavy atom. The van der Waals surface area contributed by atoms with Crippen molar-refractivity contribution < 1.29 is 9.90 Å². The first-order valence-electron chi connectivity index (χ1n) is 7.29. The predicted molar refractivity (Wildman–Crippen MR) is 81.4 cm³/mol. The van der Waals surface area contributed by atoms with Gasteiger partial charge in [0.25, 0.3) is 0 Å². The van der Waals surface area contributed by atoms with Crippen LogP contribution in [0.5, 0.6) is 0 Å². The largest absolute Gasteiger partial charge is 0.478 e. The molecule has 1 atom stereocenters. The van der Waals surface area contributed by atoms with Crippen LogP contribution in [0.4, 0.5) is 5.69 Å². The highest BCUT2D eigenvalue weighted by Gasteiger charge is 2.23. The molecule has 1 saturated heterocycles. The standard InChI is InChI=1S/C16H24N2O2/c1-11(2)18-7-6-13(10-18)9-17-15-5-4-14(16(19)20)8-12(15)3/h4-5,8,11,13,17H,6-7,9-10H2,1-3H3,(H,19,20). The quantitative estimate of drug-likeness (QED) is 0.868. The number of benzene rings is 1. The number of rotatable bonds is 5. The number of nitrogens with zero attached hydrogens (tertiary/aromatic N) is 1. The third kappa shape index (κ3) is 3.51. The van der Waals surface area contributed by atoms with Crippen LogP contribution in [-0.4, -0.2) is 41.7 Å². The maximum Gasteiger partial charge on any atom is 0.335 e. The molecule has 1 unspecified atom stereocenters. The van der Waals surface area contributed by atoms with Gasteiger partial charge in [0.15, 0.2) is 0 Å². The van der Waals surface area contributed by atoms with Crippen molar-refractivity contribution in [3.63, 3.8) is 0 Å². The van der Waals surface area contributed by atoms with E-state index in [4.69, 9.17) is 5.11 Å². The summed E-state index contributed by atoms with van der Waals surface area (Å²) in [5.74, 6) is -0.195. The Labute approximate surface area is 120 Å². The molecule has 0 amide bonds. The van der Waals surface area contributed by atoms with Gasteiger partial charge in [-0.15, -0.1) is 0 Å². The molecule has 4 heteroatoms. The lowest BCUT2D eigenvalue weighted by Gasteiger charge is -2.20. The van der Waals surface area contributed by atoms with Gasteiger partial charge in [-0.2, -0.15) is 0 Å². The van der Waals surface area contributed by atoms with Crippen LogP contribution in [0, 0.1) is 12.8 Å². The van der Waals surface area contributed by atoms with E-state index in [2.05, 4.69) is 24.1 Å². The third-order valence-electron chi connectivity index (χ3n) is 4.10. The molecule has 0 spiro atoms. The molecule has 1 aromatic rings. The molecule has 0 aliphatic carbocycles. The second kappa shape index (κ2) is 6.27. The zero-order valence-corrected chi connectivity index (χ0v) is 12.5. The van der Waals surface area contributed by atoms with Gasteiger partial charge in [-0.1, -0.05) is 0 Å². The van der Waals surface area contributed by atoms with E-state index in [0.29, 0.717) is 17.5 Å². The number of anilines is 1. The fourth-order valence-electron chi connectivity index (χ4n) is 2.75. The monoisotopic (exact) mass is 276 g/mol. The van der Waals surface area contributed by atoms with Crippen molar-refractivity contribution >= 4 is 11.7 Å². The van der Waals surface area contributed by atoms with E-state index in [1.54, 1.807) is 12.1 Å². The topological polar surface area (TPSA) is 52.6 Å². The van der Waals surface area contributed by atoms with Crippen LogP contribution in [0.25, 0.3) is 0 Å². The molecule has 1 aliphatic rings. The van der Waals surface area contributed by atoms with Crippen LogP contribution in [-0.2, 0) is 0 Å². The van der Waals surface area contributed by atoms with E-state index in [-0.39, 0.29) is 0 Å². The Balaban J connectivity index is 1.90. The van der Waals surface area contributed by atoms with Gasteiger partial charge in [-0.05, 0) is 63.4 Å². The lowest BCUT2D eigenvalue weighted by atomic mass is 10.1. The number of carboxylic acid groups (broad SMARTS) is 1. The third-order valence-corrected chi connectivity index (χ3v) is 4.10. The summed E-state index contributed by atoms with van der Waals surface area (Å²) >= 11 is 0. The summed E-state index contributed by atoms with van der Waals surface area (Å²) in [6.45, 7) is 9.72. The van der Waals surface area contributed by atoms with Crippen molar-refractivity contribution in [1.82, 2.24) is 4.90 Å². The maximum absolute atomic E-state index is 10.9. The molecule has 1 fully saturated rings. The normalized spacial score (nSPS) is 19.5. The molecule has 0 aromatic heterocycles. The predicted octanol–water partition coefficient (Wildman–Crippen LogP) is 2.84. The SMILES string of the molecule is Cc1cc(C(=O)O)ccc1NCC1CCN(C(C)C)C1. The van der Waals surface area contributed by atoms with Gasteiger partial charge < -0.3 is 15.3 Å². The lowest BCUT2D eigenvalue weighted by molar-refractivity contribution is 0.0697. The average molecular weight is 276 g/mol. The Morgan fingerprint density at radius 2 is 2.25 bits per heavy atom. The highest BCUT2D eigenvalue weighted by molar-refractivity contribution is 5.88. The highest BCUT2D eigenvalue weighted by atomic mass is 16.4. The lowest BCUT2D eigenvalue weighted by Crippen LogP contribution is -2.29. The second-order valence-electron chi connectivity index (χ2n) is 5.96. The van der Waals surface area contributed by atoms with Crippen LogP contribution < -0.4 is 5.32 Å². The van der Waals surface area contributed by atoms with E-state index >= 15 is 0 Å². The van der Waals surface area contributed by atoms with Crippen LogP contribution in [0.2, 0.25) is 0 Å². The van der Waals surface area contributed by atoms with Gasteiger partial charge in [0.2, 0.25) is 0 Å². The summed E-state index contributed by atoms with van der Waals surface area (Å²) in [5, 5.41) is 12.4. The van der Waals surface area contributed by atoms with Crippen molar-refractivity contribution in [2.45, 2.75) is 33.2 Å². The zero-order valence-electron chi connectivity index (χ0n) is 12.5. The molecule has 110 valence electrons. The van der Waals surface area contributed by atoms with Crippen molar-refractivity contribution in [2.24, 2.45) is 5.92 Å². The minimum absolute atomic E-state index is 0.347. The van der Waals surface area contributed by atoms with Crippen LogP contribution in [0.15, 0.2) is 18.2 Å². The van der Waals surface area contributed by atoms with Crippen LogP contribution in [0.3, 0.4) is 0 Å². The number of aromatic carboxylic acids is 1. The molecular formula is C16H24N2O2. The zero-order chi connectivity index (χ0) is 14.7. The summed E-state index contributed by atoms with van der Waals surface area (Å²) < 4.78 is 0. The number of nitrogens with one attached hydrogen (secondary N) is 1. The van der Waals surface area contributed by atoms with Gasteiger partial charge in [-0.25, -0.2) is 4.79 Å². The van der Waals surface area contributed by atoms with Crippen molar-refractivity contribution in [2.75, 3.05) is 25.0 Å². The number of carbonyl (C=O) groups is 1. The molecule has 0 saturated carbocycles. The smallest absolute Gasteiger partial charge is 0.335 e. The number of likely N-dealkylation sites (tertiary alicyclic amines) is 1. The number of aryl methyl sites for hydroxylation is 1. The van der Waals surface area contributed by atoms with E-state index in [1.165, 1.54) is 13.0 Å². The fraction of sp³-hybridized carbons (Fsp3) is 0.562. The molecule has 1 heterocycles. The molecule has 0 bridgehead atoms. The molecule has 2 rings (SSSR count). The first-order chi connectivity index (χ1) is 9.47. The van der Waals surface area contributed by atoms with Gasteiger partial charge in [0, 0.05) is 24.8 Å². The van der Waals surface area contributed by atoms with Gasteiger partial charge in [0.1, 0.15) is 0 Å². The van der Waals surface area contributed by atoms with Gasteiger partial charge >= 0.3 is 5.97 Å². The van der Waals surface area contributed by atoms with E-state index < -0.39 is 5.97 Å². The second-order valence-corrected chi connectivity index (χ2v) is 5.96. The Kier molecular flexibility index (Phi) is 4.65. The summed E-state index contributed by atoms with van der Waals surface area (Å²) in [6, 6.07) is 5.87. The summed E-state index contributed by atoms with van der Waals surface area (Å²) in [5.41, 5.74) is 2.38. The number of carboxylic acids is 1. The van der Waals surface area contributed by atoms with E-state index in [9.17, 15) is 4.79 Å². The van der Waals surface area contributed by atoms with E-state index in [1.807, 2.05) is 13.0 Å². The van der Waals surface area contributed by atoms with Gasteiger partial charge in [0.05, 0.1) is 5.56 Å². The van der Waals surface area contributed by atoms with Crippen molar-refractivity contribution in [3.8, 4) is 0 Å². The minimum Gasteiger partial charge on any atom is -0.478 e. The summed E-state index contributed by atoms with van der Waals surface area (Å²) in [6.07, 6.45) is 1.23. The van der Waals surface area contributed by atoms with Crippen molar-refractivity contribution in [1.29, 1.82) is 0 Å². The maximum atomic E-state index is 10.9. The van der Waals surface area contributed by atoms with Crippen LogP contribution in [0.1, 0.15) is 36.2 Å². The molecule has 2 N–H and O–H groups in total. The Morgan fingerprint density at radius 1 is 1.50 bits per heavy atom. The molecule has 1 aromatic carbocycles. The average Bonchev–Trinajstić information content (AvgIpc) is 2.86.